The molecule has 1 unspecified atom stereocenters. The first-order chi connectivity index (χ1) is 9.33. The molecule has 1 fully saturated rings. The first kappa shape index (κ1) is 14.1. The number of hydrogen-bond donors (Lipinski definition) is 1. The van der Waals surface area contributed by atoms with Crippen LogP contribution >= 0.6 is 0 Å². The number of hydrogen-bond acceptors (Lipinski definition) is 4. The van der Waals surface area contributed by atoms with Gasteiger partial charge in [-0.2, -0.15) is 4.98 Å². The minimum Gasteiger partial charge on any atom is -0.481 e. The van der Waals surface area contributed by atoms with Crippen molar-refractivity contribution in [1.82, 2.24) is 10.3 Å². The van der Waals surface area contributed by atoms with Crippen LogP contribution in [-0.2, 0) is 0 Å². The van der Waals surface area contributed by atoms with Crippen LogP contribution in [0.15, 0.2) is 18.2 Å². The molecule has 1 atom stereocenters. The fraction of sp³-hybridized carbons (Fsp3) is 0.667. The highest BCUT2D eigenvalue weighted by molar-refractivity contribution is 5.40. The second kappa shape index (κ2) is 7.34. The maximum atomic E-state index is 5.22. The molecule has 0 bridgehead atoms. The van der Waals surface area contributed by atoms with E-state index < -0.39 is 0 Å². The summed E-state index contributed by atoms with van der Waals surface area (Å²) >= 11 is 0. The number of ether oxygens (including phenoxy) is 1. The molecule has 1 aliphatic heterocycles. The van der Waals surface area contributed by atoms with Gasteiger partial charge in [-0.15, -0.1) is 0 Å². The Morgan fingerprint density at radius 1 is 1.42 bits per heavy atom. The van der Waals surface area contributed by atoms with Crippen molar-refractivity contribution < 1.29 is 4.74 Å². The van der Waals surface area contributed by atoms with Crippen LogP contribution in [0.4, 0.5) is 5.82 Å². The predicted molar refractivity (Wildman–Crippen MR) is 78.9 cm³/mol. The zero-order valence-electron chi connectivity index (χ0n) is 12.1. The van der Waals surface area contributed by atoms with Crippen molar-refractivity contribution in [2.24, 2.45) is 0 Å². The Hall–Kier alpha value is -1.29. The largest absolute Gasteiger partial charge is 0.481 e. The highest BCUT2D eigenvalue weighted by atomic mass is 16.5. The number of nitrogens with one attached hydrogen (secondary N) is 1. The molecule has 2 rings (SSSR count). The van der Waals surface area contributed by atoms with Gasteiger partial charge in [-0.1, -0.05) is 19.4 Å². The fourth-order valence-corrected chi connectivity index (χ4v) is 2.61. The van der Waals surface area contributed by atoms with E-state index >= 15 is 0 Å². The van der Waals surface area contributed by atoms with Crippen LogP contribution in [-0.4, -0.2) is 37.8 Å². The van der Waals surface area contributed by atoms with E-state index in [1.54, 1.807) is 7.11 Å². The van der Waals surface area contributed by atoms with E-state index in [4.69, 9.17) is 4.74 Å². The lowest BCUT2D eigenvalue weighted by molar-refractivity contribution is 0.391. The quantitative estimate of drug-likeness (QED) is 0.855. The Kier molecular flexibility index (Phi) is 5.45. The maximum absolute atomic E-state index is 5.22. The Morgan fingerprint density at radius 2 is 2.32 bits per heavy atom. The number of aromatic nitrogens is 1. The summed E-state index contributed by atoms with van der Waals surface area (Å²) in [4.78, 5) is 6.92. The summed E-state index contributed by atoms with van der Waals surface area (Å²) in [7, 11) is 1.67. The predicted octanol–water partition coefficient (Wildman–Crippen LogP) is 2.45. The number of methoxy groups -OCH3 is 1. The summed E-state index contributed by atoms with van der Waals surface area (Å²) in [6.45, 7) is 5.43. The highest BCUT2D eigenvalue weighted by Gasteiger charge is 2.17. The van der Waals surface area contributed by atoms with Gasteiger partial charge < -0.3 is 15.0 Å². The van der Waals surface area contributed by atoms with Crippen LogP contribution in [0, 0.1) is 0 Å². The van der Waals surface area contributed by atoms with Gasteiger partial charge in [0.2, 0.25) is 5.88 Å². The molecule has 4 heteroatoms. The molecule has 0 aliphatic carbocycles. The molecule has 1 aromatic heterocycles. The Bertz CT molecular complexity index is 377. The zero-order valence-corrected chi connectivity index (χ0v) is 12.1. The average molecular weight is 263 g/mol. The highest BCUT2D eigenvalue weighted by Crippen LogP contribution is 2.18. The number of nitrogens with zero attached hydrogens (tertiary/aromatic N) is 2. The summed E-state index contributed by atoms with van der Waals surface area (Å²) in [6.07, 6.45) is 5.04. The van der Waals surface area contributed by atoms with Crippen LogP contribution in [0.2, 0.25) is 0 Å². The Balaban J connectivity index is 2.04. The molecule has 0 aromatic carbocycles. The van der Waals surface area contributed by atoms with Crippen molar-refractivity contribution in [2.45, 2.75) is 38.6 Å². The number of anilines is 1. The average Bonchev–Trinajstić information content (AvgIpc) is 2.48. The van der Waals surface area contributed by atoms with E-state index in [0.29, 0.717) is 11.9 Å². The first-order valence-electron chi connectivity index (χ1n) is 7.33. The van der Waals surface area contributed by atoms with Gasteiger partial charge in [0.1, 0.15) is 5.82 Å². The third kappa shape index (κ3) is 4.10. The first-order valence-corrected chi connectivity index (χ1v) is 7.33. The summed E-state index contributed by atoms with van der Waals surface area (Å²) in [6, 6.07) is 6.57. The Labute approximate surface area is 116 Å². The molecule has 1 aromatic rings. The fourth-order valence-electron chi connectivity index (χ4n) is 2.61. The standard InChI is InChI=1S/C15H25N3O/c1-3-11-18(12-13-7-4-5-10-16-13)14-8-6-9-15(17-14)19-2/h6,8-9,13,16H,3-5,7,10-12H2,1-2H3. The van der Waals surface area contributed by atoms with Gasteiger partial charge >= 0.3 is 0 Å². The molecule has 1 saturated heterocycles. The lowest BCUT2D eigenvalue weighted by Gasteiger charge is -2.31. The molecule has 19 heavy (non-hydrogen) atoms. The molecule has 0 spiro atoms. The SMILES string of the molecule is CCCN(CC1CCCCN1)c1cccc(OC)n1. The second-order valence-electron chi connectivity index (χ2n) is 5.13. The monoisotopic (exact) mass is 263 g/mol. The van der Waals surface area contributed by atoms with Crippen LogP contribution < -0.4 is 15.0 Å². The minimum absolute atomic E-state index is 0.591. The Morgan fingerprint density at radius 3 is 3.00 bits per heavy atom. The van der Waals surface area contributed by atoms with E-state index in [-0.39, 0.29) is 0 Å². The van der Waals surface area contributed by atoms with Crippen LogP contribution in [0.3, 0.4) is 0 Å². The van der Waals surface area contributed by atoms with Gasteiger partial charge in [-0.25, -0.2) is 0 Å². The van der Waals surface area contributed by atoms with Crippen molar-refractivity contribution in [3.8, 4) is 5.88 Å². The van der Waals surface area contributed by atoms with Crippen molar-refractivity contribution in [2.75, 3.05) is 31.6 Å². The molecule has 4 nitrogen and oxygen atoms in total. The van der Waals surface area contributed by atoms with Gasteiger partial charge in [-0.05, 0) is 31.9 Å². The zero-order chi connectivity index (χ0) is 13.5. The van der Waals surface area contributed by atoms with Crippen molar-refractivity contribution in [3.63, 3.8) is 0 Å². The van der Waals surface area contributed by atoms with Crippen molar-refractivity contribution in [1.29, 1.82) is 0 Å². The number of piperidine rings is 1. The molecule has 2 heterocycles. The van der Waals surface area contributed by atoms with E-state index in [9.17, 15) is 0 Å². The van der Waals surface area contributed by atoms with Gasteiger partial charge in [0.15, 0.2) is 0 Å². The molecule has 0 saturated carbocycles. The van der Waals surface area contributed by atoms with E-state index in [1.807, 2.05) is 12.1 Å². The third-order valence-electron chi connectivity index (χ3n) is 3.59. The molecule has 0 amide bonds. The topological polar surface area (TPSA) is 37.4 Å². The minimum atomic E-state index is 0.591. The molecular formula is C15H25N3O. The molecule has 1 N–H and O–H groups in total. The van der Waals surface area contributed by atoms with E-state index in [2.05, 4.69) is 28.2 Å². The molecule has 106 valence electrons. The van der Waals surface area contributed by atoms with Gasteiger partial charge in [0.25, 0.3) is 0 Å². The summed E-state index contributed by atoms with van der Waals surface area (Å²) < 4.78 is 5.22. The molecule has 1 aliphatic rings. The van der Waals surface area contributed by atoms with Gasteiger partial charge in [0, 0.05) is 25.2 Å². The van der Waals surface area contributed by atoms with Gasteiger partial charge in [0.05, 0.1) is 7.11 Å². The van der Waals surface area contributed by atoms with Crippen LogP contribution in [0.1, 0.15) is 32.6 Å². The molecule has 0 radical (unpaired) electrons. The van der Waals surface area contributed by atoms with Crippen LogP contribution in [0.5, 0.6) is 5.88 Å². The number of rotatable bonds is 6. The normalized spacial score (nSPS) is 19.2. The van der Waals surface area contributed by atoms with E-state index in [1.165, 1.54) is 19.3 Å². The second-order valence-corrected chi connectivity index (χ2v) is 5.13. The summed E-state index contributed by atoms with van der Waals surface area (Å²) in [5, 5.41) is 3.61. The molecular weight excluding hydrogens is 238 g/mol. The smallest absolute Gasteiger partial charge is 0.214 e. The van der Waals surface area contributed by atoms with E-state index in [0.717, 1.165) is 31.9 Å². The van der Waals surface area contributed by atoms with Crippen molar-refractivity contribution in [3.05, 3.63) is 18.2 Å². The summed E-state index contributed by atoms with van der Waals surface area (Å²) in [5.41, 5.74) is 0. The third-order valence-corrected chi connectivity index (χ3v) is 3.59. The lowest BCUT2D eigenvalue weighted by atomic mass is 10.0. The van der Waals surface area contributed by atoms with Gasteiger partial charge in [-0.3, -0.25) is 0 Å². The number of pyridine rings is 1. The van der Waals surface area contributed by atoms with Crippen LogP contribution in [0.25, 0.3) is 0 Å². The van der Waals surface area contributed by atoms with Crippen molar-refractivity contribution >= 4 is 5.82 Å². The lowest BCUT2D eigenvalue weighted by Crippen LogP contribution is -2.44. The summed E-state index contributed by atoms with van der Waals surface area (Å²) in [5.74, 6) is 1.71. The maximum Gasteiger partial charge on any atom is 0.214 e.